The zero-order valence-corrected chi connectivity index (χ0v) is 30.8. The molecule has 0 unspecified atom stereocenters. The smallest absolute Gasteiger partial charge is 0.0510 e. The molecule has 0 aliphatic carbocycles. The zero-order chi connectivity index (χ0) is 32.1. The number of unbranched alkanes of at least 4 members (excludes halogenated alkanes) is 24. The molecule has 1 heterocycles. The molecule has 0 saturated carbocycles. The molecule has 0 radical (unpaired) electrons. The number of nitrogens with one attached hydrogen (secondary N) is 1. The van der Waals surface area contributed by atoms with Crippen molar-refractivity contribution in [3.05, 3.63) is 24.3 Å². The van der Waals surface area contributed by atoms with Crippen molar-refractivity contribution in [3.63, 3.8) is 0 Å². The maximum atomic E-state index is 6.10. The Kier molecular flexibility index (Phi) is 34.1. The molecule has 2 atom stereocenters. The van der Waals surface area contributed by atoms with Gasteiger partial charge in [-0.3, -0.25) is 0 Å². The van der Waals surface area contributed by atoms with E-state index in [9.17, 15) is 0 Å². The van der Waals surface area contributed by atoms with Crippen molar-refractivity contribution in [1.29, 1.82) is 0 Å². The Morgan fingerprint density at radius 3 is 1.02 bits per heavy atom. The van der Waals surface area contributed by atoms with Crippen LogP contribution in [0.4, 0.5) is 0 Å². The largest absolute Gasteiger partial charge is 0.381 e. The van der Waals surface area contributed by atoms with E-state index < -0.39 is 0 Å². The fourth-order valence-corrected chi connectivity index (χ4v) is 6.55. The lowest BCUT2D eigenvalue weighted by Gasteiger charge is -2.18. The van der Waals surface area contributed by atoms with E-state index in [1.165, 1.54) is 180 Å². The Morgan fingerprint density at radius 2 is 0.689 bits per heavy atom. The second-order valence-electron chi connectivity index (χ2n) is 14.2. The van der Waals surface area contributed by atoms with Crippen molar-refractivity contribution >= 4 is 0 Å². The van der Waals surface area contributed by atoms with E-state index >= 15 is 0 Å². The van der Waals surface area contributed by atoms with Crippen LogP contribution in [0.1, 0.15) is 194 Å². The summed E-state index contributed by atoms with van der Waals surface area (Å²) in [5, 5.41) is 3.57. The van der Waals surface area contributed by atoms with Gasteiger partial charge in [-0.1, -0.05) is 154 Å². The molecule has 0 bridgehead atoms. The van der Waals surface area contributed by atoms with Gasteiger partial charge in [-0.2, -0.15) is 0 Å². The molecule has 45 heavy (non-hydrogen) atoms. The molecule has 3 heteroatoms. The lowest BCUT2D eigenvalue weighted by atomic mass is 9.98. The standard InChI is InChI=1S/C42H81NO2/c1-3-5-7-9-11-13-15-17-19-21-23-25-27-29-31-33-35-44-39-41-37-43-38-42(41)40-45-36-34-32-30-28-26-24-22-20-18-16-14-12-10-8-6-4-2/h17-20,41-43H,3-16,21-40H2,1-2H3/t41-,42-/m0/s1. The molecule has 1 fully saturated rings. The van der Waals surface area contributed by atoms with Crippen molar-refractivity contribution in [3.8, 4) is 0 Å². The molecular weight excluding hydrogens is 550 g/mol. The second kappa shape index (κ2) is 36.2. The van der Waals surface area contributed by atoms with Gasteiger partial charge in [-0.25, -0.2) is 0 Å². The van der Waals surface area contributed by atoms with Crippen LogP contribution in [0.3, 0.4) is 0 Å². The van der Waals surface area contributed by atoms with Gasteiger partial charge in [-0.05, 0) is 64.2 Å². The number of allylic oxidation sites excluding steroid dienone is 4. The summed E-state index contributed by atoms with van der Waals surface area (Å²) < 4.78 is 12.2. The van der Waals surface area contributed by atoms with Gasteiger partial charge < -0.3 is 14.8 Å². The quantitative estimate of drug-likeness (QED) is 0.0551. The highest BCUT2D eigenvalue weighted by Gasteiger charge is 2.27. The summed E-state index contributed by atoms with van der Waals surface area (Å²) in [6, 6.07) is 0. The van der Waals surface area contributed by atoms with Gasteiger partial charge in [0.2, 0.25) is 0 Å². The van der Waals surface area contributed by atoms with Crippen molar-refractivity contribution in [2.24, 2.45) is 11.8 Å². The molecule has 1 aliphatic rings. The molecule has 0 aromatic rings. The highest BCUT2D eigenvalue weighted by molar-refractivity contribution is 4.82. The van der Waals surface area contributed by atoms with E-state index in [2.05, 4.69) is 43.5 Å². The Hall–Kier alpha value is -0.640. The average molecular weight is 632 g/mol. The van der Waals surface area contributed by atoms with E-state index in [1.54, 1.807) is 0 Å². The first-order chi connectivity index (χ1) is 22.4. The van der Waals surface area contributed by atoms with Gasteiger partial charge in [0.05, 0.1) is 13.2 Å². The number of hydrogen-bond acceptors (Lipinski definition) is 3. The Bertz CT molecular complexity index is 566. The van der Waals surface area contributed by atoms with E-state index in [1.807, 2.05) is 0 Å². The predicted molar refractivity (Wildman–Crippen MR) is 200 cm³/mol. The molecule has 1 saturated heterocycles. The SMILES string of the molecule is CCCCCCCCC=CCCCCCCCCOC[C@@H]1CNC[C@H]1COCCCCCCCCC=CCCCCCCCC. The van der Waals surface area contributed by atoms with Crippen LogP contribution in [-0.2, 0) is 9.47 Å². The normalized spacial score (nSPS) is 17.0. The van der Waals surface area contributed by atoms with E-state index in [4.69, 9.17) is 9.47 Å². The number of rotatable bonds is 36. The summed E-state index contributed by atoms with van der Waals surface area (Å²) in [5.74, 6) is 1.25. The Labute approximate surface area is 283 Å². The van der Waals surface area contributed by atoms with Crippen LogP contribution < -0.4 is 5.32 Å². The molecule has 1 rings (SSSR count). The van der Waals surface area contributed by atoms with Crippen LogP contribution in [0.15, 0.2) is 24.3 Å². The third kappa shape index (κ3) is 30.4. The van der Waals surface area contributed by atoms with Gasteiger partial charge in [0.25, 0.3) is 0 Å². The van der Waals surface area contributed by atoms with Crippen LogP contribution >= 0.6 is 0 Å². The highest BCUT2D eigenvalue weighted by Crippen LogP contribution is 2.19. The Balaban J connectivity index is 1.80. The van der Waals surface area contributed by atoms with Gasteiger partial charge >= 0.3 is 0 Å². The first-order valence-electron chi connectivity index (χ1n) is 20.5. The molecule has 0 spiro atoms. The van der Waals surface area contributed by atoms with Gasteiger partial charge in [-0.15, -0.1) is 0 Å². The summed E-state index contributed by atoms with van der Waals surface area (Å²) in [6.45, 7) is 10.4. The fourth-order valence-electron chi connectivity index (χ4n) is 6.55. The zero-order valence-electron chi connectivity index (χ0n) is 30.8. The summed E-state index contributed by atoms with van der Waals surface area (Å²) in [4.78, 5) is 0. The third-order valence-corrected chi connectivity index (χ3v) is 9.74. The lowest BCUT2D eigenvalue weighted by molar-refractivity contribution is 0.0482. The molecule has 0 aromatic heterocycles. The first-order valence-corrected chi connectivity index (χ1v) is 20.5. The average Bonchev–Trinajstić information content (AvgIpc) is 3.50. The summed E-state index contributed by atoms with van der Waals surface area (Å²) in [5.41, 5.74) is 0. The predicted octanol–water partition coefficient (Wildman–Crippen LogP) is 12.9. The Morgan fingerprint density at radius 1 is 0.400 bits per heavy atom. The summed E-state index contributed by atoms with van der Waals surface area (Å²) >= 11 is 0. The van der Waals surface area contributed by atoms with Crippen LogP contribution in [-0.4, -0.2) is 39.5 Å². The van der Waals surface area contributed by atoms with E-state index in [0.29, 0.717) is 11.8 Å². The molecule has 1 aliphatic heterocycles. The lowest BCUT2D eigenvalue weighted by Crippen LogP contribution is -2.23. The highest BCUT2D eigenvalue weighted by atomic mass is 16.5. The van der Waals surface area contributed by atoms with Crippen LogP contribution in [0.2, 0.25) is 0 Å². The number of hydrogen-bond donors (Lipinski definition) is 1. The first kappa shape index (κ1) is 42.4. The summed E-state index contributed by atoms with van der Waals surface area (Å²) in [6.07, 6.45) is 47.7. The maximum absolute atomic E-state index is 6.10. The molecule has 1 N–H and O–H groups in total. The minimum atomic E-state index is 0.624. The van der Waals surface area contributed by atoms with Crippen molar-refractivity contribution in [1.82, 2.24) is 5.32 Å². The van der Waals surface area contributed by atoms with Gasteiger partial charge in [0.15, 0.2) is 0 Å². The van der Waals surface area contributed by atoms with Crippen molar-refractivity contribution in [2.45, 2.75) is 194 Å². The van der Waals surface area contributed by atoms with Gasteiger partial charge in [0, 0.05) is 38.1 Å². The molecule has 3 nitrogen and oxygen atoms in total. The van der Waals surface area contributed by atoms with Crippen molar-refractivity contribution < 1.29 is 9.47 Å². The monoisotopic (exact) mass is 632 g/mol. The van der Waals surface area contributed by atoms with Gasteiger partial charge in [0.1, 0.15) is 0 Å². The van der Waals surface area contributed by atoms with E-state index in [-0.39, 0.29) is 0 Å². The van der Waals surface area contributed by atoms with E-state index in [0.717, 1.165) is 39.5 Å². The minimum absolute atomic E-state index is 0.624. The fraction of sp³-hybridized carbons (Fsp3) is 0.905. The second-order valence-corrected chi connectivity index (χ2v) is 14.2. The maximum Gasteiger partial charge on any atom is 0.0510 e. The minimum Gasteiger partial charge on any atom is -0.381 e. The van der Waals surface area contributed by atoms with Crippen LogP contribution in [0.5, 0.6) is 0 Å². The molecule has 0 aromatic carbocycles. The molecule has 266 valence electrons. The van der Waals surface area contributed by atoms with Crippen molar-refractivity contribution in [2.75, 3.05) is 39.5 Å². The number of ether oxygens (including phenoxy) is 2. The molecule has 0 amide bonds. The van der Waals surface area contributed by atoms with Crippen LogP contribution in [0.25, 0.3) is 0 Å². The van der Waals surface area contributed by atoms with Crippen LogP contribution in [0, 0.1) is 11.8 Å². The third-order valence-electron chi connectivity index (χ3n) is 9.74. The topological polar surface area (TPSA) is 30.5 Å². The molecular formula is C42H81NO2. The summed E-state index contributed by atoms with van der Waals surface area (Å²) in [7, 11) is 0.